The Balaban J connectivity index is 2.65. The molecule has 0 unspecified atom stereocenters. The molecule has 1 aromatic heterocycles. The number of nitro groups is 1. The van der Waals surface area contributed by atoms with Gasteiger partial charge in [-0.15, -0.1) is 0 Å². The molecular weight excluding hydrogens is 222 g/mol. The highest BCUT2D eigenvalue weighted by Gasteiger charge is 2.19. The van der Waals surface area contributed by atoms with Gasteiger partial charge < -0.3 is 5.32 Å². The summed E-state index contributed by atoms with van der Waals surface area (Å²) in [6.07, 6.45) is 5.47. The van der Waals surface area contributed by atoms with E-state index in [9.17, 15) is 14.9 Å². The van der Waals surface area contributed by atoms with Crippen LogP contribution in [0.25, 0.3) is 0 Å². The van der Waals surface area contributed by atoms with Gasteiger partial charge in [0, 0.05) is 25.0 Å². The highest BCUT2D eigenvalue weighted by Crippen LogP contribution is 2.15. The number of unbranched alkanes of at least 4 members (excludes halogenated alkanes) is 2. The molecule has 0 spiro atoms. The third-order valence-corrected chi connectivity index (χ3v) is 2.31. The van der Waals surface area contributed by atoms with Crippen molar-refractivity contribution in [3.8, 4) is 0 Å². The topological polar surface area (TPSA) is 85.1 Å². The second kappa shape index (κ2) is 6.57. The molecule has 1 heterocycles. The van der Waals surface area contributed by atoms with E-state index in [1.165, 1.54) is 18.5 Å². The molecule has 0 saturated heterocycles. The minimum absolute atomic E-state index is 0.00833. The van der Waals surface area contributed by atoms with Crippen molar-refractivity contribution in [2.45, 2.75) is 26.2 Å². The molecule has 1 rings (SSSR count). The van der Waals surface area contributed by atoms with Crippen molar-refractivity contribution >= 4 is 11.6 Å². The molecule has 0 bridgehead atoms. The normalized spacial score (nSPS) is 9.94. The van der Waals surface area contributed by atoms with Crippen molar-refractivity contribution in [2.75, 3.05) is 6.54 Å². The molecule has 0 fully saturated rings. The van der Waals surface area contributed by atoms with E-state index in [4.69, 9.17) is 0 Å². The van der Waals surface area contributed by atoms with Crippen LogP contribution in [0.1, 0.15) is 36.5 Å². The number of carbonyl (C=O) groups excluding carboxylic acids is 1. The molecule has 0 saturated carbocycles. The van der Waals surface area contributed by atoms with Crippen molar-refractivity contribution in [1.82, 2.24) is 10.3 Å². The summed E-state index contributed by atoms with van der Waals surface area (Å²) in [6.45, 7) is 2.59. The minimum Gasteiger partial charge on any atom is -0.352 e. The lowest BCUT2D eigenvalue weighted by Gasteiger charge is -2.04. The molecule has 0 aliphatic rings. The maximum Gasteiger partial charge on any atom is 0.285 e. The maximum atomic E-state index is 11.7. The van der Waals surface area contributed by atoms with Crippen LogP contribution >= 0.6 is 0 Å². The summed E-state index contributed by atoms with van der Waals surface area (Å²) < 4.78 is 0. The van der Waals surface area contributed by atoms with E-state index in [1.54, 1.807) is 0 Å². The molecule has 6 nitrogen and oxygen atoms in total. The van der Waals surface area contributed by atoms with E-state index in [2.05, 4.69) is 17.2 Å². The average molecular weight is 237 g/mol. The molecule has 0 aromatic carbocycles. The third kappa shape index (κ3) is 3.82. The number of pyridine rings is 1. The number of nitrogens with one attached hydrogen (secondary N) is 1. The largest absolute Gasteiger partial charge is 0.352 e. The molecule has 92 valence electrons. The summed E-state index contributed by atoms with van der Waals surface area (Å²) in [4.78, 5) is 25.5. The smallest absolute Gasteiger partial charge is 0.285 e. The lowest BCUT2D eigenvalue weighted by Crippen LogP contribution is -2.25. The van der Waals surface area contributed by atoms with E-state index >= 15 is 0 Å². The lowest BCUT2D eigenvalue weighted by molar-refractivity contribution is -0.385. The number of hydrogen-bond acceptors (Lipinski definition) is 4. The van der Waals surface area contributed by atoms with Gasteiger partial charge in [0.2, 0.25) is 0 Å². The molecule has 0 aliphatic heterocycles. The zero-order chi connectivity index (χ0) is 12.7. The Kier molecular flexibility index (Phi) is 5.06. The first kappa shape index (κ1) is 13.1. The molecular formula is C11H15N3O3. The summed E-state index contributed by atoms with van der Waals surface area (Å²) >= 11 is 0. The molecule has 0 aliphatic carbocycles. The van der Waals surface area contributed by atoms with E-state index in [1.807, 2.05) is 0 Å². The number of hydrogen-bond donors (Lipinski definition) is 1. The van der Waals surface area contributed by atoms with Gasteiger partial charge in [-0.25, -0.2) is 0 Å². The molecule has 0 atom stereocenters. The SMILES string of the molecule is CCCCCNC(=O)c1cnccc1[N+](=O)[O-]. The number of aromatic nitrogens is 1. The summed E-state index contributed by atoms with van der Waals surface area (Å²) in [5.41, 5.74) is -0.206. The third-order valence-electron chi connectivity index (χ3n) is 2.31. The summed E-state index contributed by atoms with van der Waals surface area (Å²) in [6, 6.07) is 1.22. The number of carbonyl (C=O) groups is 1. The van der Waals surface area contributed by atoms with Gasteiger partial charge in [-0.05, 0) is 6.42 Å². The Labute approximate surface area is 99.2 Å². The predicted molar refractivity (Wildman–Crippen MR) is 62.7 cm³/mol. The number of nitrogens with zero attached hydrogens (tertiary/aromatic N) is 2. The van der Waals surface area contributed by atoms with E-state index in [0.717, 1.165) is 19.3 Å². The van der Waals surface area contributed by atoms with E-state index < -0.39 is 10.8 Å². The zero-order valence-corrected chi connectivity index (χ0v) is 9.68. The standard InChI is InChI=1S/C11H15N3O3/c1-2-3-4-6-13-11(15)9-8-12-7-5-10(9)14(16)17/h5,7-8H,2-4,6H2,1H3,(H,13,15). The van der Waals surface area contributed by atoms with Crippen molar-refractivity contribution in [3.05, 3.63) is 34.1 Å². The fourth-order valence-electron chi connectivity index (χ4n) is 1.39. The maximum absolute atomic E-state index is 11.7. The fourth-order valence-corrected chi connectivity index (χ4v) is 1.39. The lowest BCUT2D eigenvalue weighted by atomic mass is 10.2. The first-order valence-corrected chi connectivity index (χ1v) is 5.53. The highest BCUT2D eigenvalue weighted by atomic mass is 16.6. The van der Waals surface area contributed by atoms with Crippen LogP contribution in [0, 0.1) is 10.1 Å². The Bertz CT molecular complexity index is 407. The van der Waals surface area contributed by atoms with Gasteiger partial charge in [0.15, 0.2) is 0 Å². The monoisotopic (exact) mass is 237 g/mol. The minimum atomic E-state index is -0.581. The Hall–Kier alpha value is -1.98. The van der Waals surface area contributed by atoms with Crippen molar-refractivity contribution in [2.24, 2.45) is 0 Å². The van der Waals surface area contributed by atoms with Gasteiger partial charge >= 0.3 is 0 Å². The molecule has 1 amide bonds. The Morgan fingerprint density at radius 3 is 2.94 bits per heavy atom. The van der Waals surface area contributed by atoms with Gasteiger partial charge in [0.25, 0.3) is 11.6 Å². The summed E-state index contributed by atoms with van der Waals surface area (Å²) in [5.74, 6) is -0.444. The van der Waals surface area contributed by atoms with Crippen LogP contribution in [0.3, 0.4) is 0 Å². The first-order valence-electron chi connectivity index (χ1n) is 5.53. The van der Waals surface area contributed by atoms with Gasteiger partial charge in [0.1, 0.15) is 5.56 Å². The summed E-state index contributed by atoms with van der Waals surface area (Å²) in [7, 11) is 0. The van der Waals surface area contributed by atoms with Crippen LogP contribution in [0.4, 0.5) is 5.69 Å². The van der Waals surface area contributed by atoms with E-state index in [0.29, 0.717) is 6.54 Å². The van der Waals surface area contributed by atoms with Crippen LogP contribution in [-0.4, -0.2) is 22.4 Å². The zero-order valence-electron chi connectivity index (χ0n) is 9.68. The van der Waals surface area contributed by atoms with Gasteiger partial charge in [-0.2, -0.15) is 0 Å². The van der Waals surface area contributed by atoms with Crippen molar-refractivity contribution in [3.63, 3.8) is 0 Å². The van der Waals surface area contributed by atoms with Crippen molar-refractivity contribution in [1.29, 1.82) is 0 Å². The summed E-state index contributed by atoms with van der Waals surface area (Å²) in [5, 5.41) is 13.3. The van der Waals surface area contributed by atoms with Crippen LogP contribution in [0.2, 0.25) is 0 Å². The van der Waals surface area contributed by atoms with Crippen LogP contribution in [0.5, 0.6) is 0 Å². The Morgan fingerprint density at radius 1 is 1.53 bits per heavy atom. The number of amides is 1. The second-order valence-corrected chi connectivity index (χ2v) is 3.61. The van der Waals surface area contributed by atoms with Gasteiger partial charge in [-0.1, -0.05) is 19.8 Å². The van der Waals surface area contributed by atoms with Crippen molar-refractivity contribution < 1.29 is 9.72 Å². The van der Waals surface area contributed by atoms with Crippen LogP contribution in [0.15, 0.2) is 18.5 Å². The fraction of sp³-hybridized carbons (Fsp3) is 0.455. The molecule has 1 N–H and O–H groups in total. The van der Waals surface area contributed by atoms with Gasteiger partial charge in [-0.3, -0.25) is 19.9 Å². The average Bonchev–Trinajstić information content (AvgIpc) is 2.34. The van der Waals surface area contributed by atoms with Crippen LogP contribution in [-0.2, 0) is 0 Å². The quantitative estimate of drug-likeness (QED) is 0.465. The Morgan fingerprint density at radius 2 is 2.29 bits per heavy atom. The second-order valence-electron chi connectivity index (χ2n) is 3.61. The number of rotatable bonds is 6. The molecule has 1 aromatic rings. The molecule has 6 heteroatoms. The van der Waals surface area contributed by atoms with E-state index in [-0.39, 0.29) is 11.3 Å². The predicted octanol–water partition coefficient (Wildman–Crippen LogP) is 1.91. The molecule has 17 heavy (non-hydrogen) atoms. The first-order chi connectivity index (χ1) is 8.16. The van der Waals surface area contributed by atoms with Gasteiger partial charge in [0.05, 0.1) is 4.92 Å². The highest BCUT2D eigenvalue weighted by molar-refractivity contribution is 5.97. The van der Waals surface area contributed by atoms with Crippen LogP contribution < -0.4 is 5.32 Å². The molecule has 0 radical (unpaired) electrons.